The Morgan fingerprint density at radius 2 is 1.85 bits per heavy atom. The van der Waals surface area contributed by atoms with E-state index in [1.165, 1.54) is 18.2 Å². The van der Waals surface area contributed by atoms with Crippen molar-refractivity contribution in [2.24, 2.45) is 0 Å². The standard InChI is InChI=1S/C15H19N3O7S.ClH/c1-17(2)5-6-26(23,24)25-9-16-10-3-4-11-12(7-10)15(22)18(14(11)21)8-13(19)20;/h3-4,7,16H,5-6,8-9H2,1-2H3,(H,19,20);1H. The zero-order valence-electron chi connectivity index (χ0n) is 14.7. The van der Waals surface area contributed by atoms with Gasteiger partial charge in [0.15, 0.2) is 0 Å². The molecule has 0 saturated heterocycles. The predicted molar refractivity (Wildman–Crippen MR) is 98.6 cm³/mol. The first-order valence-electron chi connectivity index (χ1n) is 7.58. The van der Waals surface area contributed by atoms with E-state index in [4.69, 9.17) is 9.29 Å². The molecule has 150 valence electrons. The van der Waals surface area contributed by atoms with Crippen LogP contribution in [0.5, 0.6) is 0 Å². The third-order valence-corrected chi connectivity index (χ3v) is 4.73. The van der Waals surface area contributed by atoms with E-state index in [1.54, 1.807) is 19.0 Å². The molecule has 2 N–H and O–H groups in total. The number of carbonyl (C=O) groups is 3. The summed E-state index contributed by atoms with van der Waals surface area (Å²) in [4.78, 5) is 37.3. The average Bonchev–Trinajstić information content (AvgIpc) is 2.77. The van der Waals surface area contributed by atoms with E-state index in [-0.39, 0.29) is 36.0 Å². The van der Waals surface area contributed by atoms with Crippen LogP contribution < -0.4 is 5.32 Å². The van der Waals surface area contributed by atoms with Gasteiger partial charge in [0, 0.05) is 12.2 Å². The van der Waals surface area contributed by atoms with Gasteiger partial charge in [0.2, 0.25) is 0 Å². The van der Waals surface area contributed by atoms with Crippen molar-refractivity contribution in [3.8, 4) is 0 Å². The highest BCUT2D eigenvalue weighted by Gasteiger charge is 2.36. The molecule has 1 heterocycles. The largest absolute Gasteiger partial charge is 0.480 e. The zero-order chi connectivity index (χ0) is 19.5. The molecule has 1 aliphatic rings. The fourth-order valence-corrected chi connectivity index (χ4v) is 3.18. The molecule has 0 atom stereocenters. The van der Waals surface area contributed by atoms with E-state index >= 15 is 0 Å². The number of carboxylic acids is 1. The number of anilines is 1. The molecule has 0 fully saturated rings. The summed E-state index contributed by atoms with van der Waals surface area (Å²) in [6.45, 7) is -0.741. The first-order chi connectivity index (χ1) is 12.1. The Kier molecular flexibility index (Phi) is 7.72. The minimum Gasteiger partial charge on any atom is -0.480 e. The minimum atomic E-state index is -3.70. The first kappa shape index (κ1) is 22.8. The molecule has 1 aliphatic heterocycles. The number of benzene rings is 1. The number of halogens is 1. The van der Waals surface area contributed by atoms with Gasteiger partial charge in [-0.1, -0.05) is 0 Å². The number of fused-ring (bicyclic) bond motifs is 1. The Balaban J connectivity index is 0.00000364. The Labute approximate surface area is 162 Å². The van der Waals surface area contributed by atoms with Gasteiger partial charge in [-0.3, -0.25) is 19.3 Å². The van der Waals surface area contributed by atoms with Gasteiger partial charge in [-0.2, -0.15) is 8.42 Å². The van der Waals surface area contributed by atoms with E-state index in [9.17, 15) is 22.8 Å². The van der Waals surface area contributed by atoms with Crippen molar-refractivity contribution >= 4 is 46.0 Å². The highest BCUT2D eigenvalue weighted by atomic mass is 35.5. The maximum atomic E-state index is 12.2. The van der Waals surface area contributed by atoms with E-state index in [1.807, 2.05) is 0 Å². The molecule has 1 aromatic rings. The number of carbonyl (C=O) groups excluding carboxylic acids is 2. The number of hydrogen-bond donors (Lipinski definition) is 2. The summed E-state index contributed by atoms with van der Waals surface area (Å²) >= 11 is 0. The molecule has 0 saturated carbocycles. The maximum Gasteiger partial charge on any atom is 0.323 e. The smallest absolute Gasteiger partial charge is 0.323 e. The number of rotatable bonds is 9. The van der Waals surface area contributed by atoms with Gasteiger partial charge in [-0.25, -0.2) is 4.18 Å². The third kappa shape index (κ3) is 5.89. The number of carboxylic acid groups (broad SMARTS) is 1. The van der Waals surface area contributed by atoms with Gasteiger partial charge in [-0.05, 0) is 32.3 Å². The molecule has 0 spiro atoms. The van der Waals surface area contributed by atoms with Crippen LogP contribution >= 0.6 is 12.4 Å². The van der Waals surface area contributed by atoms with Gasteiger partial charge in [0.05, 0.1) is 16.9 Å². The van der Waals surface area contributed by atoms with Crippen molar-refractivity contribution in [1.82, 2.24) is 9.80 Å². The molecule has 0 aliphatic carbocycles. The summed E-state index contributed by atoms with van der Waals surface area (Å²) in [5, 5.41) is 11.5. The van der Waals surface area contributed by atoms with Crippen LogP contribution in [0.25, 0.3) is 0 Å². The average molecular weight is 422 g/mol. The first-order valence-corrected chi connectivity index (χ1v) is 9.16. The van der Waals surface area contributed by atoms with E-state index in [2.05, 4.69) is 5.32 Å². The van der Waals surface area contributed by atoms with Crippen LogP contribution in [0.1, 0.15) is 20.7 Å². The highest BCUT2D eigenvalue weighted by Crippen LogP contribution is 2.25. The van der Waals surface area contributed by atoms with E-state index in [0.29, 0.717) is 17.1 Å². The van der Waals surface area contributed by atoms with Crippen molar-refractivity contribution in [1.29, 1.82) is 0 Å². The zero-order valence-corrected chi connectivity index (χ0v) is 16.3. The number of hydrogen-bond acceptors (Lipinski definition) is 8. The van der Waals surface area contributed by atoms with E-state index < -0.39 is 34.4 Å². The van der Waals surface area contributed by atoms with Crippen LogP contribution in [0.15, 0.2) is 18.2 Å². The van der Waals surface area contributed by atoms with Crippen molar-refractivity contribution in [3.63, 3.8) is 0 Å². The summed E-state index contributed by atoms with van der Waals surface area (Å²) in [6, 6.07) is 4.21. The second-order valence-corrected chi connectivity index (χ2v) is 7.61. The highest BCUT2D eigenvalue weighted by molar-refractivity contribution is 7.86. The van der Waals surface area contributed by atoms with Crippen LogP contribution in [0.3, 0.4) is 0 Å². The number of nitrogens with one attached hydrogen (secondary N) is 1. The molecule has 2 rings (SSSR count). The number of nitrogens with zero attached hydrogens (tertiary/aromatic N) is 2. The molecule has 1 aromatic carbocycles. The lowest BCUT2D eigenvalue weighted by Gasteiger charge is -2.11. The Morgan fingerprint density at radius 3 is 2.44 bits per heavy atom. The molecule has 2 amide bonds. The number of aliphatic carboxylic acids is 1. The molecule has 0 radical (unpaired) electrons. The number of imide groups is 1. The second kappa shape index (κ2) is 9.13. The van der Waals surface area contributed by atoms with Crippen LogP contribution in [0, 0.1) is 0 Å². The maximum absolute atomic E-state index is 12.2. The fraction of sp³-hybridized carbons (Fsp3) is 0.400. The lowest BCUT2D eigenvalue weighted by atomic mass is 10.1. The monoisotopic (exact) mass is 421 g/mol. The fourth-order valence-electron chi connectivity index (χ4n) is 2.24. The van der Waals surface area contributed by atoms with Crippen molar-refractivity contribution in [2.75, 3.05) is 45.0 Å². The molecule has 0 aromatic heterocycles. The van der Waals surface area contributed by atoms with Crippen molar-refractivity contribution in [3.05, 3.63) is 29.3 Å². The van der Waals surface area contributed by atoms with Gasteiger partial charge in [0.25, 0.3) is 21.9 Å². The van der Waals surface area contributed by atoms with Crippen LogP contribution in [-0.4, -0.2) is 80.8 Å². The van der Waals surface area contributed by atoms with Crippen molar-refractivity contribution in [2.45, 2.75) is 0 Å². The Bertz CT molecular complexity index is 842. The lowest BCUT2D eigenvalue weighted by molar-refractivity contribution is -0.137. The van der Waals surface area contributed by atoms with Crippen LogP contribution in [0.4, 0.5) is 5.69 Å². The molecule has 12 heteroatoms. The molecular weight excluding hydrogens is 402 g/mol. The SMILES string of the molecule is CN(C)CCS(=O)(=O)OCNc1ccc2c(c1)C(=O)N(CC(=O)O)C2=O.Cl. The number of amides is 2. The third-order valence-electron chi connectivity index (χ3n) is 3.57. The van der Waals surface area contributed by atoms with Gasteiger partial charge < -0.3 is 15.3 Å². The van der Waals surface area contributed by atoms with Gasteiger partial charge >= 0.3 is 5.97 Å². The summed E-state index contributed by atoms with van der Waals surface area (Å²) in [7, 11) is -0.218. The molecular formula is C15H20ClN3O7S. The Hall–Kier alpha value is -2.21. The topological polar surface area (TPSA) is 133 Å². The van der Waals surface area contributed by atoms with Gasteiger partial charge in [-0.15, -0.1) is 12.4 Å². The molecule has 0 unspecified atom stereocenters. The molecule has 10 nitrogen and oxygen atoms in total. The van der Waals surface area contributed by atoms with Crippen molar-refractivity contribution < 1.29 is 32.1 Å². The summed E-state index contributed by atoms with van der Waals surface area (Å²) in [5.41, 5.74) is 0.517. The predicted octanol–water partition coefficient (Wildman–Crippen LogP) is 0.0664. The molecule has 0 bridgehead atoms. The normalized spacial score (nSPS) is 13.5. The minimum absolute atomic E-state index is 0. The molecule has 27 heavy (non-hydrogen) atoms. The quantitative estimate of drug-likeness (QED) is 0.322. The lowest BCUT2D eigenvalue weighted by Crippen LogP contribution is -2.34. The Morgan fingerprint density at radius 1 is 1.22 bits per heavy atom. The van der Waals surface area contributed by atoms with Gasteiger partial charge in [0.1, 0.15) is 13.3 Å². The van der Waals surface area contributed by atoms with Crippen LogP contribution in [-0.2, 0) is 19.1 Å². The summed E-state index contributed by atoms with van der Waals surface area (Å²) < 4.78 is 28.2. The van der Waals surface area contributed by atoms with E-state index in [0.717, 1.165) is 0 Å². The van der Waals surface area contributed by atoms with Crippen LogP contribution in [0.2, 0.25) is 0 Å². The second-order valence-electron chi connectivity index (χ2n) is 5.85. The summed E-state index contributed by atoms with van der Waals surface area (Å²) in [6.07, 6.45) is 0. The summed E-state index contributed by atoms with van der Waals surface area (Å²) in [5.74, 6) is -2.85.